The topological polar surface area (TPSA) is 29.3 Å². The van der Waals surface area contributed by atoms with Crippen LogP contribution in [0.5, 0.6) is 0 Å². The summed E-state index contributed by atoms with van der Waals surface area (Å²) in [4.78, 5) is 2.44. The van der Waals surface area contributed by atoms with Gasteiger partial charge in [-0.05, 0) is 75.0 Å². The zero-order valence-corrected chi connectivity index (χ0v) is 15.4. The molecule has 3 heteroatoms. The van der Waals surface area contributed by atoms with Crippen molar-refractivity contribution in [3.05, 3.63) is 41.6 Å². The molecule has 0 bridgehead atoms. The average Bonchev–Trinajstić information content (AvgIpc) is 3.04. The Bertz CT molecular complexity index is 859. The van der Waals surface area contributed by atoms with Gasteiger partial charge >= 0.3 is 0 Å². The molecule has 4 rings (SSSR count). The fraction of sp³-hybridized carbons (Fsp3) is 0.500. The molecule has 132 valence electrons. The highest BCUT2D eigenvalue weighted by molar-refractivity contribution is 6.00. The van der Waals surface area contributed by atoms with Crippen LogP contribution in [0.4, 0.5) is 0 Å². The molecular weight excluding hydrogens is 308 g/mol. The van der Waals surface area contributed by atoms with E-state index in [4.69, 9.17) is 4.52 Å². The zero-order valence-electron chi connectivity index (χ0n) is 15.4. The number of benzene rings is 2. The van der Waals surface area contributed by atoms with Gasteiger partial charge in [-0.2, -0.15) is 0 Å². The second-order valence-electron chi connectivity index (χ2n) is 7.62. The Hall–Kier alpha value is -1.87. The van der Waals surface area contributed by atoms with Crippen molar-refractivity contribution in [2.75, 3.05) is 20.1 Å². The molecule has 3 aromatic rings. The summed E-state index contributed by atoms with van der Waals surface area (Å²) in [5.41, 5.74) is 3.49. The molecule has 2 aromatic carbocycles. The number of aryl methyl sites for hydroxylation is 2. The number of hydrogen-bond donors (Lipinski definition) is 0. The van der Waals surface area contributed by atoms with E-state index < -0.39 is 0 Å². The van der Waals surface area contributed by atoms with Gasteiger partial charge in [0.05, 0.1) is 5.69 Å². The predicted molar refractivity (Wildman–Crippen MR) is 104 cm³/mol. The van der Waals surface area contributed by atoms with Crippen LogP contribution in [-0.2, 0) is 12.8 Å². The number of hydrogen-bond acceptors (Lipinski definition) is 3. The Morgan fingerprint density at radius 1 is 1.12 bits per heavy atom. The van der Waals surface area contributed by atoms with Crippen LogP contribution >= 0.6 is 0 Å². The first kappa shape index (κ1) is 16.6. The van der Waals surface area contributed by atoms with Crippen LogP contribution in [0.25, 0.3) is 21.7 Å². The third-order valence-corrected chi connectivity index (χ3v) is 5.79. The number of aromatic nitrogens is 1. The van der Waals surface area contributed by atoms with Crippen LogP contribution in [0.15, 0.2) is 34.9 Å². The molecule has 0 aliphatic carbocycles. The minimum absolute atomic E-state index is 0.832. The summed E-state index contributed by atoms with van der Waals surface area (Å²) in [5, 5.41) is 8.33. The number of nitrogens with zero attached hydrogens (tertiary/aromatic N) is 2. The maximum atomic E-state index is 5.84. The lowest BCUT2D eigenvalue weighted by Gasteiger charge is -2.28. The van der Waals surface area contributed by atoms with Crippen LogP contribution in [0.1, 0.15) is 43.9 Å². The second kappa shape index (κ2) is 7.17. The first-order valence-corrected chi connectivity index (χ1v) is 9.73. The lowest BCUT2D eigenvalue weighted by molar-refractivity contribution is 0.212. The van der Waals surface area contributed by atoms with Gasteiger partial charge in [0.25, 0.3) is 0 Å². The molecule has 0 radical (unpaired) electrons. The van der Waals surface area contributed by atoms with Crippen molar-refractivity contribution in [3.63, 3.8) is 0 Å². The molecule has 2 heterocycles. The van der Waals surface area contributed by atoms with Gasteiger partial charge in [0.15, 0.2) is 5.58 Å². The lowest BCUT2D eigenvalue weighted by Crippen LogP contribution is -2.30. The van der Waals surface area contributed by atoms with Crippen molar-refractivity contribution in [2.45, 2.75) is 45.4 Å². The fourth-order valence-corrected chi connectivity index (χ4v) is 4.24. The molecule has 1 fully saturated rings. The molecule has 0 spiro atoms. The van der Waals surface area contributed by atoms with Crippen molar-refractivity contribution in [3.8, 4) is 0 Å². The maximum absolute atomic E-state index is 5.84. The quantitative estimate of drug-likeness (QED) is 0.640. The highest BCUT2D eigenvalue weighted by Gasteiger charge is 2.19. The minimum Gasteiger partial charge on any atom is -0.356 e. The first-order valence-electron chi connectivity index (χ1n) is 9.73. The Morgan fingerprint density at radius 3 is 2.72 bits per heavy atom. The summed E-state index contributed by atoms with van der Waals surface area (Å²) in [6, 6.07) is 10.9. The first-order chi connectivity index (χ1) is 12.3. The molecule has 0 unspecified atom stereocenters. The van der Waals surface area contributed by atoms with E-state index in [1.807, 2.05) is 0 Å². The minimum atomic E-state index is 0.832. The van der Waals surface area contributed by atoms with Crippen LogP contribution < -0.4 is 0 Å². The van der Waals surface area contributed by atoms with Crippen LogP contribution in [0.3, 0.4) is 0 Å². The Labute approximate surface area is 150 Å². The number of fused-ring (bicyclic) bond motifs is 2. The summed E-state index contributed by atoms with van der Waals surface area (Å²) in [6.07, 6.45) is 7.06. The van der Waals surface area contributed by atoms with Gasteiger partial charge in [-0.25, -0.2) is 0 Å². The van der Waals surface area contributed by atoms with E-state index in [2.05, 4.69) is 54.4 Å². The molecule has 1 aliphatic heterocycles. The molecule has 0 N–H and O–H groups in total. The standard InChI is InChI=1S/C22H28N2O/c1-3-6-19-18-8-5-4-7-17(18)15-20-21(23-25-22(19)20)10-9-16-11-13-24(2)14-12-16/h4-5,7-8,15-16H,3,6,9-14H2,1-2H3. The molecule has 0 amide bonds. The molecule has 0 saturated carbocycles. The normalized spacial score (nSPS) is 16.9. The third-order valence-electron chi connectivity index (χ3n) is 5.79. The summed E-state index contributed by atoms with van der Waals surface area (Å²) >= 11 is 0. The summed E-state index contributed by atoms with van der Waals surface area (Å²) in [6.45, 7) is 4.69. The fourth-order valence-electron chi connectivity index (χ4n) is 4.24. The van der Waals surface area contributed by atoms with Gasteiger partial charge in [0.2, 0.25) is 0 Å². The lowest BCUT2D eigenvalue weighted by atomic mass is 9.91. The van der Waals surface area contributed by atoms with Crippen LogP contribution in [0, 0.1) is 5.92 Å². The van der Waals surface area contributed by atoms with Gasteiger partial charge in [0, 0.05) is 10.9 Å². The van der Waals surface area contributed by atoms with E-state index in [0.29, 0.717) is 0 Å². The van der Waals surface area contributed by atoms with Crippen molar-refractivity contribution < 1.29 is 4.52 Å². The van der Waals surface area contributed by atoms with E-state index >= 15 is 0 Å². The van der Waals surface area contributed by atoms with Gasteiger partial charge in [-0.1, -0.05) is 42.8 Å². The largest absolute Gasteiger partial charge is 0.356 e. The second-order valence-corrected chi connectivity index (χ2v) is 7.62. The Balaban J connectivity index is 1.64. The van der Waals surface area contributed by atoms with Gasteiger partial charge in [-0.15, -0.1) is 0 Å². The monoisotopic (exact) mass is 336 g/mol. The molecule has 1 aromatic heterocycles. The summed E-state index contributed by atoms with van der Waals surface area (Å²) in [7, 11) is 2.22. The smallest absolute Gasteiger partial charge is 0.170 e. The Morgan fingerprint density at radius 2 is 1.92 bits per heavy atom. The third kappa shape index (κ3) is 3.30. The number of piperidine rings is 1. The summed E-state index contributed by atoms with van der Waals surface area (Å²) in [5.74, 6) is 0.832. The number of rotatable bonds is 5. The summed E-state index contributed by atoms with van der Waals surface area (Å²) < 4.78 is 5.84. The van der Waals surface area contributed by atoms with E-state index in [9.17, 15) is 0 Å². The van der Waals surface area contributed by atoms with Gasteiger partial charge in [0.1, 0.15) is 0 Å². The highest BCUT2D eigenvalue weighted by atomic mass is 16.5. The average molecular weight is 336 g/mol. The molecule has 25 heavy (non-hydrogen) atoms. The van der Waals surface area contributed by atoms with E-state index in [-0.39, 0.29) is 0 Å². The van der Waals surface area contributed by atoms with Crippen LogP contribution in [-0.4, -0.2) is 30.2 Å². The molecule has 1 saturated heterocycles. The van der Waals surface area contributed by atoms with E-state index in [1.165, 1.54) is 54.1 Å². The van der Waals surface area contributed by atoms with Crippen molar-refractivity contribution in [2.24, 2.45) is 5.92 Å². The Kier molecular flexibility index (Phi) is 4.76. The highest BCUT2D eigenvalue weighted by Crippen LogP contribution is 2.32. The number of likely N-dealkylation sites (tertiary alicyclic amines) is 1. The van der Waals surface area contributed by atoms with Crippen LogP contribution in [0.2, 0.25) is 0 Å². The zero-order chi connectivity index (χ0) is 17.2. The maximum Gasteiger partial charge on any atom is 0.170 e. The molecule has 0 atom stereocenters. The SMILES string of the molecule is CCCc1c2ccccc2cc2c(CCC3CCN(C)CC3)noc12. The van der Waals surface area contributed by atoms with Crippen molar-refractivity contribution >= 4 is 21.7 Å². The predicted octanol–water partition coefficient (Wildman–Crippen LogP) is 5.21. The van der Waals surface area contributed by atoms with Crippen molar-refractivity contribution in [1.82, 2.24) is 10.1 Å². The van der Waals surface area contributed by atoms with E-state index in [1.54, 1.807) is 0 Å². The molecular formula is C22H28N2O. The van der Waals surface area contributed by atoms with Gasteiger partial charge in [-0.3, -0.25) is 0 Å². The molecule has 3 nitrogen and oxygen atoms in total. The van der Waals surface area contributed by atoms with Gasteiger partial charge < -0.3 is 9.42 Å². The molecule has 1 aliphatic rings. The van der Waals surface area contributed by atoms with E-state index in [0.717, 1.165) is 36.5 Å². The van der Waals surface area contributed by atoms with Crippen molar-refractivity contribution in [1.29, 1.82) is 0 Å².